The molecule has 0 radical (unpaired) electrons. The Kier molecular flexibility index (Phi) is 5.21. The van der Waals surface area contributed by atoms with Gasteiger partial charge in [-0.15, -0.1) is 0 Å². The third-order valence-corrected chi connectivity index (χ3v) is 3.74. The second-order valence-electron chi connectivity index (χ2n) is 4.41. The number of nitrogens with two attached hydrogens (primary N) is 1. The van der Waals surface area contributed by atoms with Crippen molar-refractivity contribution in [1.29, 1.82) is 0 Å². The first-order valence-electron chi connectivity index (χ1n) is 5.74. The summed E-state index contributed by atoms with van der Waals surface area (Å²) < 4.78 is 21.2. The smallest absolute Gasteiger partial charge is 0.220 e. The van der Waals surface area contributed by atoms with Crippen LogP contribution in [0.4, 0.5) is 0 Å². The molecule has 0 saturated heterocycles. The Morgan fingerprint density at radius 2 is 1.94 bits per heavy atom. The van der Waals surface area contributed by atoms with Crippen LogP contribution >= 0.6 is 0 Å². The quantitative estimate of drug-likeness (QED) is 0.711. The number of sulfonamides is 1. The maximum atomic E-state index is 11.3. The van der Waals surface area contributed by atoms with Crippen molar-refractivity contribution < 1.29 is 13.2 Å². The van der Waals surface area contributed by atoms with Gasteiger partial charge in [0.25, 0.3) is 0 Å². The molecule has 1 aliphatic carbocycles. The van der Waals surface area contributed by atoms with Crippen LogP contribution in [0, 0.1) is 5.92 Å². The Labute approximate surface area is 96.8 Å². The SMILES string of the molecule is NS(=O)(=O)CCNC(=O)CCC1CCCC1. The third-order valence-electron chi connectivity index (χ3n) is 2.96. The number of hydrogen-bond acceptors (Lipinski definition) is 3. The van der Waals surface area contributed by atoms with Crippen LogP contribution in [0.25, 0.3) is 0 Å². The van der Waals surface area contributed by atoms with Gasteiger partial charge >= 0.3 is 0 Å². The van der Waals surface area contributed by atoms with Gasteiger partial charge < -0.3 is 5.32 Å². The fourth-order valence-corrected chi connectivity index (χ4v) is 2.44. The van der Waals surface area contributed by atoms with Crippen LogP contribution in [-0.2, 0) is 14.8 Å². The minimum atomic E-state index is -3.47. The summed E-state index contributed by atoms with van der Waals surface area (Å²) in [5.74, 6) is 0.418. The number of carbonyl (C=O) groups excluding carboxylic acids is 1. The van der Waals surface area contributed by atoms with E-state index < -0.39 is 10.0 Å². The topological polar surface area (TPSA) is 89.3 Å². The van der Waals surface area contributed by atoms with Crippen molar-refractivity contribution in [2.45, 2.75) is 38.5 Å². The number of amides is 1. The molecule has 1 amide bonds. The molecule has 0 aromatic rings. The zero-order valence-electron chi connectivity index (χ0n) is 9.44. The van der Waals surface area contributed by atoms with Crippen LogP contribution in [0.1, 0.15) is 38.5 Å². The standard InChI is InChI=1S/C10H20N2O3S/c11-16(14,15)8-7-12-10(13)6-5-9-3-1-2-4-9/h9H,1-8H2,(H,12,13)(H2,11,14,15). The number of nitrogens with one attached hydrogen (secondary N) is 1. The minimum Gasteiger partial charge on any atom is -0.355 e. The van der Waals surface area contributed by atoms with E-state index in [0.29, 0.717) is 12.3 Å². The number of carbonyl (C=O) groups is 1. The summed E-state index contributed by atoms with van der Waals surface area (Å²) in [6.45, 7) is 0.113. The van der Waals surface area contributed by atoms with Gasteiger partial charge in [-0.05, 0) is 12.3 Å². The van der Waals surface area contributed by atoms with Crippen LogP contribution in [0.2, 0.25) is 0 Å². The summed E-state index contributed by atoms with van der Waals surface area (Å²) in [6, 6.07) is 0. The summed E-state index contributed by atoms with van der Waals surface area (Å²) in [5, 5.41) is 7.38. The molecule has 1 fully saturated rings. The molecule has 1 saturated carbocycles. The lowest BCUT2D eigenvalue weighted by Crippen LogP contribution is -2.31. The first-order valence-corrected chi connectivity index (χ1v) is 7.46. The first-order chi connectivity index (χ1) is 7.47. The van der Waals surface area contributed by atoms with Crippen LogP contribution < -0.4 is 10.5 Å². The lowest BCUT2D eigenvalue weighted by Gasteiger charge is -2.08. The Balaban J connectivity index is 2.06. The molecule has 0 unspecified atom stereocenters. The Hall–Kier alpha value is -0.620. The maximum absolute atomic E-state index is 11.3. The van der Waals surface area contributed by atoms with Gasteiger partial charge in [0.15, 0.2) is 0 Å². The first kappa shape index (κ1) is 13.4. The molecule has 0 aliphatic heterocycles. The normalized spacial score (nSPS) is 17.6. The van der Waals surface area contributed by atoms with E-state index in [0.717, 1.165) is 6.42 Å². The van der Waals surface area contributed by atoms with Crippen molar-refractivity contribution in [1.82, 2.24) is 5.32 Å². The number of rotatable bonds is 6. The highest BCUT2D eigenvalue weighted by Gasteiger charge is 2.16. The molecule has 94 valence electrons. The van der Waals surface area contributed by atoms with Crippen LogP contribution in [0.15, 0.2) is 0 Å². The van der Waals surface area contributed by atoms with Crippen molar-refractivity contribution in [2.75, 3.05) is 12.3 Å². The zero-order valence-corrected chi connectivity index (χ0v) is 10.3. The van der Waals surface area contributed by atoms with Gasteiger partial charge in [-0.25, -0.2) is 13.6 Å². The Morgan fingerprint density at radius 3 is 2.50 bits per heavy atom. The molecular formula is C10H20N2O3S. The molecular weight excluding hydrogens is 228 g/mol. The summed E-state index contributed by atoms with van der Waals surface area (Å²) >= 11 is 0. The average Bonchev–Trinajstić information content (AvgIpc) is 2.65. The highest BCUT2D eigenvalue weighted by molar-refractivity contribution is 7.89. The van der Waals surface area contributed by atoms with Crippen molar-refractivity contribution in [3.8, 4) is 0 Å². The van der Waals surface area contributed by atoms with Crippen molar-refractivity contribution in [3.05, 3.63) is 0 Å². The molecule has 0 spiro atoms. The molecule has 16 heavy (non-hydrogen) atoms. The molecule has 0 aromatic heterocycles. The predicted molar refractivity (Wildman–Crippen MR) is 62.2 cm³/mol. The van der Waals surface area contributed by atoms with E-state index in [2.05, 4.69) is 5.32 Å². The van der Waals surface area contributed by atoms with E-state index in [1.807, 2.05) is 0 Å². The fourth-order valence-electron chi connectivity index (χ4n) is 2.06. The second kappa shape index (κ2) is 6.20. The lowest BCUT2D eigenvalue weighted by atomic mass is 10.0. The Bertz CT molecular complexity index is 321. The largest absolute Gasteiger partial charge is 0.355 e. The second-order valence-corrected chi connectivity index (χ2v) is 6.14. The summed E-state index contributed by atoms with van der Waals surface area (Å²) in [5.41, 5.74) is 0. The predicted octanol–water partition coefficient (Wildman–Crippen LogP) is 0.361. The number of primary sulfonamides is 1. The highest BCUT2D eigenvalue weighted by Crippen LogP contribution is 2.28. The van der Waals surface area contributed by atoms with E-state index in [9.17, 15) is 13.2 Å². The van der Waals surface area contributed by atoms with E-state index >= 15 is 0 Å². The van der Waals surface area contributed by atoms with E-state index in [1.165, 1.54) is 25.7 Å². The molecule has 0 heterocycles. The van der Waals surface area contributed by atoms with Crippen molar-refractivity contribution in [2.24, 2.45) is 11.1 Å². The molecule has 5 nitrogen and oxygen atoms in total. The molecule has 0 atom stereocenters. The number of hydrogen-bond donors (Lipinski definition) is 2. The van der Waals surface area contributed by atoms with Gasteiger partial charge in [-0.2, -0.15) is 0 Å². The van der Waals surface area contributed by atoms with Gasteiger partial charge in [0.1, 0.15) is 0 Å². The van der Waals surface area contributed by atoms with Gasteiger partial charge in [-0.1, -0.05) is 25.7 Å². The minimum absolute atomic E-state index is 0.0736. The monoisotopic (exact) mass is 248 g/mol. The van der Waals surface area contributed by atoms with Crippen LogP contribution in [-0.4, -0.2) is 26.6 Å². The maximum Gasteiger partial charge on any atom is 0.220 e. The van der Waals surface area contributed by atoms with Crippen LogP contribution in [0.5, 0.6) is 0 Å². The average molecular weight is 248 g/mol. The summed E-state index contributed by atoms with van der Waals surface area (Å²) in [6.07, 6.45) is 6.42. The highest BCUT2D eigenvalue weighted by atomic mass is 32.2. The van der Waals surface area contributed by atoms with Gasteiger partial charge in [0, 0.05) is 13.0 Å². The van der Waals surface area contributed by atoms with Crippen LogP contribution in [0.3, 0.4) is 0 Å². The van der Waals surface area contributed by atoms with Gasteiger partial charge in [-0.3, -0.25) is 4.79 Å². The van der Waals surface area contributed by atoms with E-state index in [-0.39, 0.29) is 18.2 Å². The molecule has 3 N–H and O–H groups in total. The zero-order chi connectivity index (χ0) is 12.0. The summed E-state index contributed by atoms with van der Waals surface area (Å²) in [7, 11) is -3.47. The molecule has 6 heteroatoms. The molecule has 0 aromatic carbocycles. The van der Waals surface area contributed by atoms with Gasteiger partial charge in [0.05, 0.1) is 5.75 Å². The Morgan fingerprint density at radius 1 is 1.31 bits per heavy atom. The van der Waals surface area contributed by atoms with Gasteiger partial charge in [0.2, 0.25) is 15.9 Å². The molecule has 1 aliphatic rings. The fraction of sp³-hybridized carbons (Fsp3) is 0.900. The van der Waals surface area contributed by atoms with Crippen molar-refractivity contribution in [3.63, 3.8) is 0 Å². The molecule has 0 bridgehead atoms. The third kappa shape index (κ3) is 6.07. The summed E-state index contributed by atoms with van der Waals surface area (Å²) in [4.78, 5) is 11.3. The van der Waals surface area contributed by atoms with E-state index in [1.54, 1.807) is 0 Å². The molecule has 1 rings (SSSR count). The van der Waals surface area contributed by atoms with Crippen molar-refractivity contribution >= 4 is 15.9 Å². The van der Waals surface area contributed by atoms with E-state index in [4.69, 9.17) is 5.14 Å². The lowest BCUT2D eigenvalue weighted by molar-refractivity contribution is -0.121.